The molecular weight excluding hydrogens is 344 g/mol. The van der Waals surface area contributed by atoms with E-state index in [-0.39, 0.29) is 12.7 Å². The number of likely N-dealkylation sites (tertiary alicyclic amines) is 1. The summed E-state index contributed by atoms with van der Waals surface area (Å²) < 4.78 is 11.3. The lowest BCUT2D eigenvalue weighted by Gasteiger charge is -2.31. The zero-order valence-corrected chi connectivity index (χ0v) is 16.9. The highest BCUT2D eigenvalue weighted by atomic mass is 16.5. The first kappa shape index (κ1) is 21.7. The Labute approximate surface area is 163 Å². The number of β-amino-alcohol motifs (C(OH)–C–C–N with tert-alkyl or cyclic N) is 1. The number of aliphatic hydroxyl groups excluding tert-OH is 2. The lowest BCUT2D eigenvalue weighted by atomic mass is 10.1. The molecule has 1 heterocycles. The molecule has 1 aliphatic rings. The third-order valence-electron chi connectivity index (χ3n) is 4.71. The molecule has 0 saturated carbocycles. The molecule has 27 heavy (non-hydrogen) atoms. The minimum absolute atomic E-state index is 0.201. The summed E-state index contributed by atoms with van der Waals surface area (Å²) in [6.07, 6.45) is 0.771. The quantitative estimate of drug-likeness (QED) is 0.606. The number of hydrogen-bond donors (Lipinski definition) is 2. The summed E-state index contributed by atoms with van der Waals surface area (Å²) in [4.78, 5) is 4.34. The number of methoxy groups -OCH3 is 1. The molecule has 0 amide bonds. The summed E-state index contributed by atoms with van der Waals surface area (Å²) in [5.41, 5.74) is 2.12. The average Bonchev–Trinajstić information content (AvgIpc) is 2.61. The summed E-state index contributed by atoms with van der Waals surface area (Å²) in [5.74, 6) is 1.55. The van der Waals surface area contributed by atoms with Crippen LogP contribution < -0.4 is 9.47 Å². The Hall–Kier alpha value is -1.60. The van der Waals surface area contributed by atoms with E-state index in [2.05, 4.69) is 16.4 Å². The number of hydrogen-bond acceptors (Lipinski definition) is 6. The molecule has 1 aliphatic heterocycles. The van der Waals surface area contributed by atoms with E-state index in [9.17, 15) is 10.2 Å². The topological polar surface area (TPSA) is 65.4 Å². The van der Waals surface area contributed by atoms with E-state index >= 15 is 0 Å². The molecule has 1 fully saturated rings. The van der Waals surface area contributed by atoms with E-state index < -0.39 is 6.10 Å². The Morgan fingerprint density at radius 1 is 1.37 bits per heavy atom. The van der Waals surface area contributed by atoms with Crippen LogP contribution in [0.15, 0.2) is 30.4 Å². The monoisotopic (exact) mass is 378 g/mol. The van der Waals surface area contributed by atoms with Crippen molar-refractivity contribution in [3.63, 3.8) is 0 Å². The van der Waals surface area contributed by atoms with Gasteiger partial charge in [-0.3, -0.25) is 4.90 Å². The van der Waals surface area contributed by atoms with Gasteiger partial charge in [0.2, 0.25) is 0 Å². The van der Waals surface area contributed by atoms with Gasteiger partial charge in [0.05, 0.1) is 13.2 Å². The SMILES string of the molecule is C=C(C)CN(C)Cc1cc(OC)ccc1OC[C@@H](O)CN1CCC(O)CC1. The van der Waals surface area contributed by atoms with Gasteiger partial charge in [-0.1, -0.05) is 12.2 Å². The van der Waals surface area contributed by atoms with Gasteiger partial charge in [0.25, 0.3) is 0 Å². The highest BCUT2D eigenvalue weighted by Gasteiger charge is 2.20. The smallest absolute Gasteiger partial charge is 0.124 e. The van der Waals surface area contributed by atoms with E-state index in [0.29, 0.717) is 13.1 Å². The van der Waals surface area contributed by atoms with Crippen LogP contribution in [0.1, 0.15) is 25.3 Å². The first-order chi connectivity index (χ1) is 12.9. The number of likely N-dealkylation sites (N-methyl/N-ethyl adjacent to an activating group) is 1. The van der Waals surface area contributed by atoms with Crippen molar-refractivity contribution in [1.82, 2.24) is 9.80 Å². The lowest BCUT2D eigenvalue weighted by Crippen LogP contribution is -2.41. The van der Waals surface area contributed by atoms with Crippen LogP contribution in [0.3, 0.4) is 0 Å². The summed E-state index contributed by atoms with van der Waals surface area (Å²) in [6.45, 7) is 9.92. The van der Waals surface area contributed by atoms with Crippen LogP contribution in [0.25, 0.3) is 0 Å². The van der Waals surface area contributed by atoms with Crippen LogP contribution in [-0.2, 0) is 6.54 Å². The Kier molecular flexibility index (Phi) is 8.57. The molecule has 0 spiro atoms. The second-order valence-corrected chi connectivity index (χ2v) is 7.60. The largest absolute Gasteiger partial charge is 0.497 e. The lowest BCUT2D eigenvalue weighted by molar-refractivity contribution is 0.0335. The molecule has 0 unspecified atom stereocenters. The second kappa shape index (κ2) is 10.7. The predicted molar refractivity (Wildman–Crippen MR) is 107 cm³/mol. The minimum atomic E-state index is -0.566. The van der Waals surface area contributed by atoms with Gasteiger partial charge >= 0.3 is 0 Å². The highest BCUT2D eigenvalue weighted by Crippen LogP contribution is 2.26. The fourth-order valence-corrected chi connectivity index (χ4v) is 3.39. The zero-order valence-electron chi connectivity index (χ0n) is 16.9. The van der Waals surface area contributed by atoms with Gasteiger partial charge in [-0.2, -0.15) is 0 Å². The van der Waals surface area contributed by atoms with Crippen molar-refractivity contribution in [3.05, 3.63) is 35.9 Å². The molecule has 2 N–H and O–H groups in total. The molecule has 0 aromatic heterocycles. The number of aliphatic hydroxyl groups is 2. The Balaban J connectivity index is 1.92. The molecule has 6 nitrogen and oxygen atoms in total. The molecule has 2 rings (SSSR count). The Morgan fingerprint density at radius 2 is 2.07 bits per heavy atom. The maximum Gasteiger partial charge on any atom is 0.124 e. The fraction of sp³-hybridized carbons (Fsp3) is 0.619. The van der Waals surface area contributed by atoms with Gasteiger partial charge in [-0.15, -0.1) is 0 Å². The van der Waals surface area contributed by atoms with Crippen molar-refractivity contribution in [2.75, 3.05) is 46.9 Å². The van der Waals surface area contributed by atoms with Crippen molar-refractivity contribution in [1.29, 1.82) is 0 Å². The van der Waals surface area contributed by atoms with E-state index in [1.165, 1.54) is 0 Å². The van der Waals surface area contributed by atoms with Crippen LogP contribution in [0.4, 0.5) is 0 Å². The van der Waals surface area contributed by atoms with Crippen molar-refractivity contribution in [3.8, 4) is 11.5 Å². The van der Waals surface area contributed by atoms with Gasteiger partial charge in [0, 0.05) is 38.3 Å². The maximum absolute atomic E-state index is 10.3. The van der Waals surface area contributed by atoms with Crippen molar-refractivity contribution in [2.45, 2.75) is 38.5 Å². The van der Waals surface area contributed by atoms with Crippen LogP contribution in [0, 0.1) is 0 Å². The Morgan fingerprint density at radius 3 is 2.70 bits per heavy atom. The number of ether oxygens (including phenoxy) is 2. The molecule has 152 valence electrons. The standard InChI is InChI=1S/C21H34N2O4/c1-16(2)12-22(3)13-17-11-20(26-4)5-6-21(17)27-15-19(25)14-23-9-7-18(24)8-10-23/h5-6,11,18-19,24-25H,1,7-10,12-15H2,2-4H3/t19-/m0/s1. The van der Waals surface area contributed by atoms with E-state index in [0.717, 1.165) is 55.1 Å². The van der Waals surface area contributed by atoms with E-state index in [4.69, 9.17) is 9.47 Å². The molecule has 0 bridgehead atoms. The van der Waals surface area contributed by atoms with E-state index in [1.807, 2.05) is 32.2 Å². The first-order valence-corrected chi connectivity index (χ1v) is 9.58. The van der Waals surface area contributed by atoms with Gasteiger partial charge in [-0.05, 0) is 45.0 Å². The zero-order chi connectivity index (χ0) is 19.8. The normalized spacial score (nSPS) is 17.1. The third kappa shape index (κ3) is 7.50. The van der Waals surface area contributed by atoms with E-state index in [1.54, 1.807) is 7.11 Å². The molecule has 1 saturated heterocycles. The molecular formula is C21H34N2O4. The number of piperidine rings is 1. The minimum Gasteiger partial charge on any atom is -0.497 e. The van der Waals surface area contributed by atoms with Crippen molar-refractivity contribution >= 4 is 0 Å². The molecule has 1 aromatic rings. The maximum atomic E-state index is 10.3. The number of benzene rings is 1. The summed E-state index contributed by atoms with van der Waals surface area (Å²) in [5, 5.41) is 19.9. The Bertz CT molecular complexity index is 600. The van der Waals surface area contributed by atoms with Gasteiger partial charge in [-0.25, -0.2) is 0 Å². The van der Waals surface area contributed by atoms with Crippen LogP contribution in [0.2, 0.25) is 0 Å². The highest BCUT2D eigenvalue weighted by molar-refractivity contribution is 5.40. The average molecular weight is 379 g/mol. The summed E-state index contributed by atoms with van der Waals surface area (Å²) >= 11 is 0. The van der Waals surface area contributed by atoms with Crippen LogP contribution in [0.5, 0.6) is 11.5 Å². The van der Waals surface area contributed by atoms with Gasteiger partial charge < -0.3 is 24.6 Å². The number of rotatable bonds is 10. The van der Waals surface area contributed by atoms with Gasteiger partial charge in [0.1, 0.15) is 24.2 Å². The summed E-state index contributed by atoms with van der Waals surface area (Å²) in [7, 11) is 3.69. The molecule has 1 aromatic carbocycles. The molecule has 0 radical (unpaired) electrons. The van der Waals surface area contributed by atoms with Crippen molar-refractivity contribution in [2.24, 2.45) is 0 Å². The van der Waals surface area contributed by atoms with Gasteiger partial charge in [0.15, 0.2) is 0 Å². The molecule has 6 heteroatoms. The predicted octanol–water partition coefficient (Wildman–Crippen LogP) is 1.90. The first-order valence-electron chi connectivity index (χ1n) is 9.58. The van der Waals surface area contributed by atoms with Crippen LogP contribution in [-0.4, -0.2) is 79.2 Å². The molecule has 1 atom stereocenters. The van der Waals surface area contributed by atoms with Crippen LogP contribution >= 0.6 is 0 Å². The second-order valence-electron chi connectivity index (χ2n) is 7.60. The number of nitrogens with zero attached hydrogens (tertiary/aromatic N) is 2. The third-order valence-corrected chi connectivity index (χ3v) is 4.71. The summed E-state index contributed by atoms with van der Waals surface area (Å²) in [6, 6.07) is 5.74. The molecule has 0 aliphatic carbocycles. The van der Waals surface area contributed by atoms with Crippen molar-refractivity contribution < 1.29 is 19.7 Å². The fourth-order valence-electron chi connectivity index (χ4n) is 3.39.